The second kappa shape index (κ2) is 5.58. The zero-order chi connectivity index (χ0) is 13.0. The fourth-order valence-corrected chi connectivity index (χ4v) is 1.81. The molecule has 2 aromatic heterocycles. The maximum absolute atomic E-state index is 11.3. The lowest BCUT2D eigenvalue weighted by atomic mass is 10.5. The first-order valence-corrected chi connectivity index (χ1v) is 5.98. The lowest BCUT2D eigenvalue weighted by Crippen LogP contribution is -2.04. The van der Waals surface area contributed by atoms with Gasteiger partial charge in [0, 0.05) is 5.69 Å². The average molecular weight is 266 g/mol. The van der Waals surface area contributed by atoms with Gasteiger partial charge in [-0.3, -0.25) is 0 Å². The monoisotopic (exact) mass is 266 g/mol. The van der Waals surface area contributed by atoms with Gasteiger partial charge in [-0.05, 0) is 31.7 Å². The van der Waals surface area contributed by atoms with E-state index in [0.717, 1.165) is 17.5 Å². The lowest BCUT2D eigenvalue weighted by molar-refractivity contribution is 0.0475. The molecule has 0 aromatic carbocycles. The van der Waals surface area contributed by atoms with Crippen LogP contribution in [-0.4, -0.2) is 32.7 Å². The molecule has 94 valence electrons. The molecule has 0 atom stereocenters. The lowest BCUT2D eigenvalue weighted by Gasteiger charge is -1.96. The predicted octanol–water partition coefficient (Wildman–Crippen LogP) is 1.50. The second-order valence-electron chi connectivity index (χ2n) is 3.19. The van der Waals surface area contributed by atoms with Crippen LogP contribution in [0.15, 0.2) is 27.1 Å². The van der Waals surface area contributed by atoms with Gasteiger partial charge in [-0.2, -0.15) is 0 Å². The van der Waals surface area contributed by atoms with Gasteiger partial charge in [0.15, 0.2) is 0 Å². The number of nitrogens with zero attached hydrogens (tertiary/aromatic N) is 4. The van der Waals surface area contributed by atoms with Crippen LogP contribution in [0.3, 0.4) is 0 Å². The van der Waals surface area contributed by atoms with E-state index in [-0.39, 0.29) is 17.7 Å². The van der Waals surface area contributed by atoms with Crippen LogP contribution in [0.2, 0.25) is 0 Å². The fraction of sp³-hybridized carbons (Fsp3) is 0.300. The van der Waals surface area contributed by atoms with Gasteiger partial charge < -0.3 is 9.15 Å². The maximum Gasteiger partial charge on any atom is 0.396 e. The van der Waals surface area contributed by atoms with E-state index in [4.69, 9.17) is 9.15 Å². The van der Waals surface area contributed by atoms with Crippen molar-refractivity contribution in [3.63, 3.8) is 0 Å². The van der Waals surface area contributed by atoms with Crippen LogP contribution in [0.5, 0.6) is 0 Å². The van der Waals surface area contributed by atoms with Crippen molar-refractivity contribution in [2.45, 2.75) is 24.1 Å². The molecule has 0 spiro atoms. The van der Waals surface area contributed by atoms with Crippen LogP contribution in [0.1, 0.15) is 23.3 Å². The number of esters is 1. The van der Waals surface area contributed by atoms with E-state index >= 15 is 0 Å². The van der Waals surface area contributed by atoms with Crippen molar-refractivity contribution >= 4 is 17.7 Å². The molecule has 0 aliphatic heterocycles. The highest BCUT2D eigenvalue weighted by Gasteiger charge is 2.16. The van der Waals surface area contributed by atoms with Gasteiger partial charge in [-0.1, -0.05) is 5.10 Å². The quantitative estimate of drug-likeness (QED) is 0.607. The van der Waals surface area contributed by atoms with Crippen LogP contribution >= 0.6 is 11.8 Å². The molecule has 0 amide bonds. The molecule has 8 heteroatoms. The van der Waals surface area contributed by atoms with E-state index in [9.17, 15) is 4.79 Å². The normalized spacial score (nSPS) is 10.3. The number of hydrogen-bond donors (Lipinski definition) is 0. The van der Waals surface area contributed by atoms with E-state index in [1.165, 1.54) is 6.33 Å². The molecule has 7 nitrogen and oxygen atoms in total. The van der Waals surface area contributed by atoms with Crippen molar-refractivity contribution < 1.29 is 13.9 Å². The second-order valence-corrected chi connectivity index (χ2v) is 4.16. The van der Waals surface area contributed by atoms with E-state index in [2.05, 4.69) is 20.2 Å². The van der Waals surface area contributed by atoms with Gasteiger partial charge in [-0.25, -0.2) is 14.8 Å². The molecule has 0 aliphatic carbocycles. The van der Waals surface area contributed by atoms with E-state index in [0.29, 0.717) is 5.03 Å². The molecule has 2 aromatic rings. The largest absolute Gasteiger partial charge is 0.459 e. The minimum Gasteiger partial charge on any atom is -0.459 e. The Labute approximate surface area is 107 Å². The molecule has 0 saturated heterocycles. The van der Waals surface area contributed by atoms with Crippen molar-refractivity contribution in [2.75, 3.05) is 6.61 Å². The zero-order valence-corrected chi connectivity index (χ0v) is 10.6. The molecule has 0 aliphatic rings. The summed E-state index contributed by atoms with van der Waals surface area (Å²) >= 11 is 1.16. The molecule has 0 bridgehead atoms. The molecule has 18 heavy (non-hydrogen) atoms. The Balaban J connectivity index is 2.09. The average Bonchev–Trinajstić information content (AvgIpc) is 2.78. The summed E-state index contributed by atoms with van der Waals surface area (Å²) < 4.78 is 9.89. The molecular formula is C10H10N4O3S. The number of aryl methyl sites for hydroxylation is 1. The molecule has 2 heterocycles. The van der Waals surface area contributed by atoms with Crippen LogP contribution in [-0.2, 0) is 4.74 Å². The van der Waals surface area contributed by atoms with Crippen molar-refractivity contribution in [3.05, 3.63) is 24.0 Å². The van der Waals surface area contributed by atoms with E-state index < -0.39 is 5.97 Å². The maximum atomic E-state index is 11.3. The van der Waals surface area contributed by atoms with Crippen molar-refractivity contribution in [1.29, 1.82) is 0 Å². The zero-order valence-electron chi connectivity index (χ0n) is 9.78. The Kier molecular flexibility index (Phi) is 3.88. The summed E-state index contributed by atoms with van der Waals surface area (Å²) in [5.41, 5.74) is 0.831. The standard InChI is InChI=1S/C10H10N4O3S/c1-3-16-9(15)8-13-14-10(17-8)18-7-4-6(2)11-5-12-7/h4-5H,3H2,1-2H3. The number of hydrogen-bond acceptors (Lipinski definition) is 8. The van der Waals surface area contributed by atoms with Crippen molar-refractivity contribution in [3.8, 4) is 0 Å². The summed E-state index contributed by atoms with van der Waals surface area (Å²) in [6.45, 7) is 3.81. The molecule has 2 rings (SSSR count). The summed E-state index contributed by atoms with van der Waals surface area (Å²) in [5, 5.41) is 8.23. The number of carbonyl (C=O) groups excluding carboxylic acids is 1. The van der Waals surface area contributed by atoms with Crippen molar-refractivity contribution in [2.24, 2.45) is 0 Å². The van der Waals surface area contributed by atoms with Gasteiger partial charge in [0.1, 0.15) is 11.4 Å². The van der Waals surface area contributed by atoms with Crippen LogP contribution < -0.4 is 0 Å². The Bertz CT molecular complexity index is 558. The highest BCUT2D eigenvalue weighted by molar-refractivity contribution is 7.99. The highest BCUT2D eigenvalue weighted by atomic mass is 32.2. The SMILES string of the molecule is CCOC(=O)c1nnc(Sc2cc(C)ncn2)o1. The predicted molar refractivity (Wildman–Crippen MR) is 61.1 cm³/mol. The topological polar surface area (TPSA) is 91.0 Å². The van der Waals surface area contributed by atoms with Gasteiger partial charge in [-0.15, -0.1) is 5.10 Å². The third-order valence-corrected chi connectivity index (χ3v) is 2.60. The molecular weight excluding hydrogens is 256 g/mol. The van der Waals surface area contributed by atoms with Crippen LogP contribution in [0.25, 0.3) is 0 Å². The number of carbonyl (C=O) groups is 1. The fourth-order valence-electron chi connectivity index (χ4n) is 1.10. The summed E-state index contributed by atoms with van der Waals surface area (Å²) in [4.78, 5) is 19.3. The first-order chi connectivity index (χ1) is 8.69. The summed E-state index contributed by atoms with van der Waals surface area (Å²) in [6.07, 6.45) is 1.44. The first kappa shape index (κ1) is 12.5. The van der Waals surface area contributed by atoms with Gasteiger partial charge in [0.25, 0.3) is 5.22 Å². The summed E-state index contributed by atoms with van der Waals surface area (Å²) in [5.74, 6) is -0.791. The molecule has 0 saturated carbocycles. The summed E-state index contributed by atoms with van der Waals surface area (Å²) in [7, 11) is 0. The number of ether oxygens (including phenoxy) is 1. The third kappa shape index (κ3) is 3.04. The van der Waals surface area contributed by atoms with Gasteiger partial charge in [0.05, 0.1) is 6.61 Å². The molecule has 0 fully saturated rings. The molecule has 0 radical (unpaired) electrons. The minimum atomic E-state index is -0.629. The Morgan fingerprint density at radius 1 is 1.44 bits per heavy atom. The van der Waals surface area contributed by atoms with Gasteiger partial charge >= 0.3 is 11.9 Å². The molecule has 0 N–H and O–H groups in total. The van der Waals surface area contributed by atoms with E-state index in [1.807, 2.05) is 6.92 Å². The van der Waals surface area contributed by atoms with E-state index in [1.54, 1.807) is 13.0 Å². The smallest absolute Gasteiger partial charge is 0.396 e. The summed E-state index contributed by atoms with van der Waals surface area (Å²) in [6, 6.07) is 1.78. The van der Waals surface area contributed by atoms with Crippen LogP contribution in [0.4, 0.5) is 0 Å². The third-order valence-electron chi connectivity index (χ3n) is 1.83. The minimum absolute atomic E-state index is 0.162. The Morgan fingerprint density at radius 3 is 3.00 bits per heavy atom. The van der Waals surface area contributed by atoms with Crippen molar-refractivity contribution in [1.82, 2.24) is 20.2 Å². The Morgan fingerprint density at radius 2 is 2.28 bits per heavy atom. The first-order valence-electron chi connectivity index (χ1n) is 5.16. The molecule has 0 unspecified atom stereocenters. The number of rotatable bonds is 4. The van der Waals surface area contributed by atoms with Crippen LogP contribution in [0, 0.1) is 6.92 Å². The highest BCUT2D eigenvalue weighted by Crippen LogP contribution is 2.24. The number of aromatic nitrogens is 4. The Hall–Kier alpha value is -1.96. The van der Waals surface area contributed by atoms with Gasteiger partial charge in [0.2, 0.25) is 0 Å².